The second-order valence-corrected chi connectivity index (χ2v) is 7.48. The Morgan fingerprint density at radius 2 is 2.27 bits per heavy atom. The molecule has 1 aromatic heterocycles. The summed E-state index contributed by atoms with van der Waals surface area (Å²) in [7, 11) is 1.65. The van der Waals surface area contributed by atoms with Crippen LogP contribution in [0.2, 0.25) is 5.02 Å². The van der Waals surface area contributed by atoms with Gasteiger partial charge in [-0.25, -0.2) is 14.7 Å². The second-order valence-electron chi connectivity index (χ2n) is 7.04. The van der Waals surface area contributed by atoms with Crippen LogP contribution in [-0.4, -0.2) is 53.1 Å². The van der Waals surface area contributed by atoms with Gasteiger partial charge in [-0.05, 0) is 38.5 Å². The van der Waals surface area contributed by atoms with Gasteiger partial charge in [-0.15, -0.1) is 24.0 Å². The number of hydrogen-bond donors (Lipinski definition) is 2. The van der Waals surface area contributed by atoms with Crippen molar-refractivity contribution in [1.29, 1.82) is 0 Å². The number of fused-ring (bicyclic) bond motifs is 1. The number of methoxy groups -OCH3 is 1. The van der Waals surface area contributed by atoms with Crippen molar-refractivity contribution >= 4 is 41.5 Å². The molecule has 3 rings (SSSR count). The number of halogens is 2. The van der Waals surface area contributed by atoms with Crippen LogP contribution in [0.4, 0.5) is 0 Å². The zero-order chi connectivity index (χ0) is 20.6. The van der Waals surface area contributed by atoms with Crippen molar-refractivity contribution in [3.8, 4) is 5.75 Å². The van der Waals surface area contributed by atoms with Gasteiger partial charge in [0.15, 0.2) is 11.8 Å². The summed E-state index contributed by atoms with van der Waals surface area (Å²) in [6.45, 7) is 6.55. The Kier molecular flexibility index (Phi) is 10.1. The van der Waals surface area contributed by atoms with Crippen molar-refractivity contribution in [2.45, 2.75) is 52.0 Å². The lowest BCUT2D eigenvalue weighted by Crippen LogP contribution is -2.47. The summed E-state index contributed by atoms with van der Waals surface area (Å²) in [5.41, 5.74) is 0. The lowest BCUT2D eigenvalue weighted by molar-refractivity contribution is 0.177. The molecule has 0 amide bonds. The monoisotopic (exact) mass is 548 g/mol. The Hall–Kier alpha value is -1.59. The third-order valence-electron chi connectivity index (χ3n) is 4.50. The first-order valence-electron chi connectivity index (χ1n) is 9.96. The number of ether oxygens (including phenoxy) is 2. The normalized spacial score (nSPS) is 16.9. The predicted molar refractivity (Wildman–Crippen MR) is 129 cm³/mol. The van der Waals surface area contributed by atoms with E-state index in [1.54, 1.807) is 13.2 Å². The largest absolute Gasteiger partial charge is 0.489 e. The number of benzene rings is 1. The molecule has 166 valence electrons. The SMILES string of the molecule is CCNC(=NCC(C)Oc1cccc(Cl)c1)NC1CCc2nc(COC)nn2C1.I. The molecule has 1 aromatic carbocycles. The molecule has 0 saturated carbocycles. The van der Waals surface area contributed by atoms with Gasteiger partial charge in [-0.3, -0.25) is 0 Å². The van der Waals surface area contributed by atoms with Gasteiger partial charge in [0.25, 0.3) is 0 Å². The maximum atomic E-state index is 6.01. The van der Waals surface area contributed by atoms with Crippen LogP contribution in [0.3, 0.4) is 0 Å². The number of nitrogens with zero attached hydrogens (tertiary/aromatic N) is 4. The van der Waals surface area contributed by atoms with E-state index in [1.165, 1.54) is 0 Å². The first-order valence-corrected chi connectivity index (χ1v) is 10.3. The quantitative estimate of drug-likeness (QED) is 0.300. The summed E-state index contributed by atoms with van der Waals surface area (Å²) in [6.07, 6.45) is 1.78. The summed E-state index contributed by atoms with van der Waals surface area (Å²) in [6, 6.07) is 7.64. The number of aliphatic imine (C=N–C) groups is 1. The smallest absolute Gasteiger partial charge is 0.191 e. The van der Waals surface area contributed by atoms with Crippen LogP contribution in [0.5, 0.6) is 5.75 Å². The number of guanidine groups is 1. The summed E-state index contributed by atoms with van der Waals surface area (Å²) < 4.78 is 13.0. The van der Waals surface area contributed by atoms with E-state index in [0.717, 1.165) is 49.3 Å². The predicted octanol–water partition coefficient (Wildman–Crippen LogP) is 3.03. The molecule has 1 aliphatic heterocycles. The molecule has 0 aliphatic carbocycles. The second kappa shape index (κ2) is 12.3. The Morgan fingerprint density at radius 1 is 1.43 bits per heavy atom. The van der Waals surface area contributed by atoms with Crippen molar-refractivity contribution in [1.82, 2.24) is 25.4 Å². The lowest BCUT2D eigenvalue weighted by atomic mass is 10.1. The highest BCUT2D eigenvalue weighted by molar-refractivity contribution is 14.0. The maximum absolute atomic E-state index is 6.01. The molecule has 10 heteroatoms. The van der Waals surface area contributed by atoms with E-state index in [2.05, 4.69) is 32.6 Å². The minimum atomic E-state index is -0.0752. The fourth-order valence-electron chi connectivity index (χ4n) is 3.21. The molecule has 1 aliphatic rings. The van der Waals surface area contributed by atoms with Crippen molar-refractivity contribution in [3.63, 3.8) is 0 Å². The average Bonchev–Trinajstić information content (AvgIpc) is 3.08. The van der Waals surface area contributed by atoms with Gasteiger partial charge in [0.1, 0.15) is 24.3 Å². The summed E-state index contributed by atoms with van der Waals surface area (Å²) >= 11 is 6.01. The van der Waals surface area contributed by atoms with E-state index in [9.17, 15) is 0 Å². The van der Waals surface area contributed by atoms with Crippen molar-refractivity contribution in [3.05, 3.63) is 40.9 Å². The van der Waals surface area contributed by atoms with Crippen LogP contribution >= 0.6 is 35.6 Å². The van der Waals surface area contributed by atoms with Crippen LogP contribution in [0, 0.1) is 0 Å². The van der Waals surface area contributed by atoms with E-state index in [0.29, 0.717) is 18.2 Å². The number of nitrogens with one attached hydrogen (secondary N) is 2. The standard InChI is InChI=1S/C20H29ClN6O2.HI/c1-4-22-20(23-11-14(2)29-17-7-5-6-15(21)10-17)24-16-8-9-19-25-18(13-28-3)26-27(19)12-16;/h5-7,10,14,16H,4,8-9,11-13H2,1-3H3,(H2,22,23,24);1H. The molecular weight excluding hydrogens is 519 g/mol. The van der Waals surface area contributed by atoms with Crippen LogP contribution in [0.1, 0.15) is 31.9 Å². The highest BCUT2D eigenvalue weighted by atomic mass is 127. The minimum absolute atomic E-state index is 0. The number of aromatic nitrogens is 3. The average molecular weight is 549 g/mol. The molecule has 0 saturated heterocycles. The highest BCUT2D eigenvalue weighted by Gasteiger charge is 2.22. The van der Waals surface area contributed by atoms with Gasteiger partial charge in [-0.1, -0.05) is 17.7 Å². The first kappa shape index (κ1) is 24.7. The third-order valence-corrected chi connectivity index (χ3v) is 4.74. The van der Waals surface area contributed by atoms with Crippen molar-refractivity contribution < 1.29 is 9.47 Å². The van der Waals surface area contributed by atoms with Gasteiger partial charge < -0.3 is 20.1 Å². The summed E-state index contributed by atoms with van der Waals surface area (Å²) in [5.74, 6) is 3.27. The fourth-order valence-corrected chi connectivity index (χ4v) is 3.39. The summed E-state index contributed by atoms with van der Waals surface area (Å²) in [5, 5.41) is 12.0. The minimum Gasteiger partial charge on any atom is -0.489 e. The maximum Gasteiger partial charge on any atom is 0.191 e. The molecule has 8 nitrogen and oxygen atoms in total. The molecule has 0 spiro atoms. The topological polar surface area (TPSA) is 85.6 Å². The molecule has 2 atom stereocenters. The molecule has 0 radical (unpaired) electrons. The molecule has 0 fully saturated rings. The molecule has 2 unspecified atom stereocenters. The zero-order valence-corrected chi connectivity index (χ0v) is 20.7. The fraction of sp³-hybridized carbons (Fsp3) is 0.550. The van der Waals surface area contributed by atoms with E-state index in [1.807, 2.05) is 29.8 Å². The van der Waals surface area contributed by atoms with Gasteiger partial charge in [0, 0.05) is 31.1 Å². The lowest BCUT2D eigenvalue weighted by Gasteiger charge is -2.25. The van der Waals surface area contributed by atoms with E-state index < -0.39 is 0 Å². The molecule has 30 heavy (non-hydrogen) atoms. The molecular formula is C20H30ClIN6O2. The Bertz CT molecular complexity index is 831. The zero-order valence-electron chi connectivity index (χ0n) is 17.6. The number of rotatable bonds is 8. The van der Waals surface area contributed by atoms with E-state index >= 15 is 0 Å². The van der Waals surface area contributed by atoms with Crippen LogP contribution < -0.4 is 15.4 Å². The first-order chi connectivity index (χ1) is 14.1. The summed E-state index contributed by atoms with van der Waals surface area (Å²) in [4.78, 5) is 9.21. The van der Waals surface area contributed by atoms with Crippen LogP contribution in [0.15, 0.2) is 29.3 Å². The molecule has 2 N–H and O–H groups in total. The molecule has 2 heterocycles. The third kappa shape index (κ3) is 7.28. The molecule has 2 aromatic rings. The van der Waals surface area contributed by atoms with Crippen LogP contribution in [0.25, 0.3) is 0 Å². The number of hydrogen-bond acceptors (Lipinski definition) is 5. The van der Waals surface area contributed by atoms with Crippen molar-refractivity contribution in [2.24, 2.45) is 4.99 Å². The highest BCUT2D eigenvalue weighted by Crippen LogP contribution is 2.18. The Labute approximate surface area is 199 Å². The van der Waals surface area contributed by atoms with Gasteiger partial charge >= 0.3 is 0 Å². The molecule has 0 bridgehead atoms. The number of aryl methyl sites for hydroxylation is 1. The van der Waals surface area contributed by atoms with Gasteiger partial charge in [0.05, 0.1) is 13.1 Å². The van der Waals surface area contributed by atoms with E-state index in [4.69, 9.17) is 21.1 Å². The van der Waals surface area contributed by atoms with E-state index in [-0.39, 0.29) is 36.1 Å². The Balaban J connectivity index is 0.00000320. The Morgan fingerprint density at radius 3 is 3.00 bits per heavy atom. The van der Waals surface area contributed by atoms with Crippen LogP contribution in [-0.2, 0) is 24.3 Å². The van der Waals surface area contributed by atoms with Gasteiger partial charge in [-0.2, -0.15) is 5.10 Å². The van der Waals surface area contributed by atoms with Crippen molar-refractivity contribution in [2.75, 3.05) is 20.2 Å². The van der Waals surface area contributed by atoms with Gasteiger partial charge in [0.2, 0.25) is 0 Å².